The van der Waals surface area contributed by atoms with Crippen LogP contribution in [0.4, 0.5) is 8.78 Å². The molecule has 2 aromatic heterocycles. The van der Waals surface area contributed by atoms with Crippen molar-refractivity contribution in [3.05, 3.63) is 42.2 Å². The van der Waals surface area contributed by atoms with Gasteiger partial charge in [-0.05, 0) is 62.1 Å². The monoisotopic (exact) mass is 631 g/mol. The Morgan fingerprint density at radius 3 is 2.57 bits per heavy atom. The van der Waals surface area contributed by atoms with Crippen LogP contribution in [0.25, 0.3) is 16.9 Å². The topological polar surface area (TPSA) is 98.6 Å². The molecule has 0 bridgehead atoms. The largest absolute Gasteiger partial charge is 0.496 e. The summed E-state index contributed by atoms with van der Waals surface area (Å²) in [5.74, 6) is -0.0408. The first-order chi connectivity index (χ1) is 20.8. The normalized spacial score (nSPS) is 17.8. The molecule has 0 radical (unpaired) electrons. The summed E-state index contributed by atoms with van der Waals surface area (Å²) in [7, 11) is -0.368. The molecule has 1 atom stereocenters. The zero-order chi connectivity index (χ0) is 31.6. The minimum atomic E-state index is -3.11. The maximum Gasteiger partial charge on any atom is 0.387 e. The van der Waals surface area contributed by atoms with Crippen LogP contribution >= 0.6 is 0 Å². The van der Waals surface area contributed by atoms with Gasteiger partial charge in [0.1, 0.15) is 22.7 Å². The molecule has 1 saturated carbocycles. The van der Waals surface area contributed by atoms with Crippen LogP contribution in [0.1, 0.15) is 50.4 Å². The van der Waals surface area contributed by atoms with Crippen molar-refractivity contribution in [3.63, 3.8) is 0 Å². The maximum absolute atomic E-state index is 13.3. The van der Waals surface area contributed by atoms with E-state index in [0.29, 0.717) is 22.7 Å². The minimum absolute atomic E-state index is 0.0375. The fourth-order valence-electron chi connectivity index (χ4n) is 4.97. The number of aromatic nitrogens is 2. The van der Waals surface area contributed by atoms with Crippen LogP contribution < -0.4 is 25.1 Å². The number of carbonyl (C=O) groups is 1. The summed E-state index contributed by atoms with van der Waals surface area (Å²) in [4.78, 5) is 25.7. The van der Waals surface area contributed by atoms with Gasteiger partial charge in [0.15, 0.2) is 14.1 Å². The third-order valence-electron chi connectivity index (χ3n) is 8.71. The first-order valence-electron chi connectivity index (χ1n) is 15.1. The number of likely N-dealkylation sites (tertiary alicyclic amines) is 1. The molecule has 1 aliphatic heterocycles. The Labute approximate surface area is 258 Å². The van der Waals surface area contributed by atoms with Gasteiger partial charge in [-0.1, -0.05) is 20.8 Å². The number of pyridine rings is 1. The number of hydrogen-bond donors (Lipinski definition) is 2. The molecule has 3 heterocycles. The molecule has 5 rings (SSSR count). The Balaban J connectivity index is 1.23. The van der Waals surface area contributed by atoms with Crippen molar-refractivity contribution in [3.8, 4) is 28.5 Å². The Morgan fingerprint density at radius 1 is 1.14 bits per heavy atom. The van der Waals surface area contributed by atoms with Gasteiger partial charge in [0.2, 0.25) is 0 Å². The van der Waals surface area contributed by atoms with Gasteiger partial charge in [-0.15, -0.1) is 0 Å². The van der Waals surface area contributed by atoms with Crippen LogP contribution in [-0.2, 0) is 4.43 Å². The molecular weight excluding hydrogens is 588 g/mol. The van der Waals surface area contributed by atoms with Crippen molar-refractivity contribution in [2.24, 2.45) is 0 Å². The number of carbonyl (C=O) groups excluding carboxylic acids is 1. The highest BCUT2D eigenvalue weighted by Gasteiger charge is 2.37. The van der Waals surface area contributed by atoms with Gasteiger partial charge in [-0.2, -0.15) is 14.3 Å². The molecule has 3 aromatic rings. The lowest BCUT2D eigenvalue weighted by Gasteiger charge is -2.36. The van der Waals surface area contributed by atoms with Crippen LogP contribution in [-0.4, -0.2) is 80.6 Å². The second kappa shape index (κ2) is 13.0. The summed E-state index contributed by atoms with van der Waals surface area (Å²) < 4.78 is 45.1. The first-order valence-corrected chi connectivity index (χ1v) is 18.0. The van der Waals surface area contributed by atoms with Gasteiger partial charge in [0.25, 0.3) is 5.91 Å². The molecule has 2 aliphatic rings. The molecule has 44 heavy (non-hydrogen) atoms. The summed E-state index contributed by atoms with van der Waals surface area (Å²) in [5.41, 5.74) is 4.83. The second-order valence-corrected chi connectivity index (χ2v) is 17.8. The molecule has 1 aliphatic carbocycles. The van der Waals surface area contributed by atoms with E-state index in [1.807, 2.05) is 0 Å². The van der Waals surface area contributed by atoms with Crippen molar-refractivity contribution < 1.29 is 32.3 Å². The molecule has 1 amide bonds. The van der Waals surface area contributed by atoms with E-state index in [9.17, 15) is 13.6 Å². The lowest BCUT2D eigenvalue weighted by Crippen LogP contribution is -2.43. The number of nitrogens with one attached hydrogen (secondary N) is 2. The minimum Gasteiger partial charge on any atom is -0.496 e. The third-order valence-corrected chi connectivity index (χ3v) is 13.3. The molecule has 2 N–H and O–H groups in total. The number of rotatable bonds is 13. The van der Waals surface area contributed by atoms with Crippen molar-refractivity contribution in [1.82, 2.24) is 25.1 Å². The number of nitrogens with zero attached hydrogens (tertiary/aromatic N) is 3. The lowest BCUT2D eigenvalue weighted by atomic mass is 10.1. The average molecular weight is 632 g/mol. The van der Waals surface area contributed by atoms with Gasteiger partial charge in [-0.3, -0.25) is 14.1 Å². The zero-order valence-corrected chi connectivity index (χ0v) is 27.3. The van der Waals surface area contributed by atoms with Crippen molar-refractivity contribution >= 4 is 19.9 Å². The third kappa shape index (κ3) is 7.50. The van der Waals surface area contributed by atoms with Gasteiger partial charge >= 0.3 is 6.61 Å². The van der Waals surface area contributed by atoms with Crippen LogP contribution in [0.2, 0.25) is 18.1 Å². The summed E-state index contributed by atoms with van der Waals surface area (Å²) in [5, 5.41) is 3.01. The average Bonchev–Trinajstić information content (AvgIpc) is 3.48. The van der Waals surface area contributed by atoms with Crippen molar-refractivity contribution in [1.29, 1.82) is 0 Å². The van der Waals surface area contributed by atoms with Crippen LogP contribution in [0.5, 0.6) is 17.2 Å². The van der Waals surface area contributed by atoms with E-state index in [1.54, 1.807) is 35.0 Å². The van der Waals surface area contributed by atoms with E-state index < -0.39 is 20.8 Å². The van der Waals surface area contributed by atoms with Gasteiger partial charge < -0.3 is 24.1 Å². The van der Waals surface area contributed by atoms with E-state index in [2.05, 4.69) is 54.5 Å². The predicted octanol–water partition coefficient (Wildman–Crippen LogP) is 5.48. The van der Waals surface area contributed by atoms with E-state index in [4.69, 9.17) is 18.7 Å². The molecule has 1 saturated heterocycles. The second-order valence-electron chi connectivity index (χ2n) is 13.0. The maximum atomic E-state index is 13.3. The summed E-state index contributed by atoms with van der Waals surface area (Å²) in [6.07, 6.45) is 6.09. The molecule has 240 valence electrons. The summed E-state index contributed by atoms with van der Waals surface area (Å²) >= 11 is 0. The van der Waals surface area contributed by atoms with Crippen molar-refractivity contribution in [2.45, 2.75) is 76.9 Å². The summed E-state index contributed by atoms with van der Waals surface area (Å²) in [6, 6.07) is 6.85. The van der Waals surface area contributed by atoms with E-state index in [0.717, 1.165) is 45.5 Å². The molecule has 0 unspecified atom stereocenters. The highest BCUT2D eigenvalue weighted by molar-refractivity contribution is 6.74. The smallest absolute Gasteiger partial charge is 0.387 e. The number of hydrogen-bond acceptors (Lipinski definition) is 8. The number of fused-ring (bicyclic) bond motifs is 1. The predicted molar refractivity (Wildman–Crippen MR) is 166 cm³/mol. The van der Waals surface area contributed by atoms with Crippen LogP contribution in [0.15, 0.2) is 36.7 Å². The number of methoxy groups -OCH3 is 1. The first kappa shape index (κ1) is 32.1. The Bertz CT molecular complexity index is 1470. The Morgan fingerprint density at radius 2 is 1.89 bits per heavy atom. The van der Waals surface area contributed by atoms with E-state index >= 15 is 0 Å². The summed E-state index contributed by atoms with van der Waals surface area (Å²) in [6.45, 7) is 11.7. The Kier molecular flexibility index (Phi) is 9.49. The molecule has 0 spiro atoms. The molecular formula is C31H43F2N5O5Si. The molecule has 10 nitrogen and oxygen atoms in total. The fourth-order valence-corrected chi connectivity index (χ4v) is 6.00. The molecule has 13 heteroatoms. The Hall–Kier alpha value is -3.26. The number of benzene rings is 1. The highest BCUT2D eigenvalue weighted by Crippen LogP contribution is 2.38. The van der Waals surface area contributed by atoms with Gasteiger partial charge in [-0.25, -0.2) is 4.98 Å². The number of amides is 1. The van der Waals surface area contributed by atoms with Crippen LogP contribution in [0, 0.1) is 0 Å². The van der Waals surface area contributed by atoms with Crippen molar-refractivity contribution in [2.75, 3.05) is 33.4 Å². The quantitative estimate of drug-likeness (QED) is 0.189. The number of ether oxygens (including phenoxy) is 2. The lowest BCUT2D eigenvalue weighted by molar-refractivity contribution is -0.0502. The molecule has 2 fully saturated rings. The number of halogens is 2. The fraction of sp³-hybridized carbons (Fsp3) is 0.548. The van der Waals surface area contributed by atoms with Gasteiger partial charge in [0, 0.05) is 43.6 Å². The highest BCUT2D eigenvalue weighted by atomic mass is 28.4. The van der Waals surface area contributed by atoms with Crippen LogP contribution in [0.3, 0.4) is 0 Å². The number of hydroxylamine groups is 1. The SMILES string of the molecule is COc1cc(-c2cnc3cc(ON[C@H]4CCN(CCO[Si](C)(C)C(C)(C)C)C4)ccn23)cc(OC(F)F)c1C(=O)NC1CC1. The van der Waals surface area contributed by atoms with Gasteiger partial charge in [0.05, 0.1) is 25.0 Å². The zero-order valence-electron chi connectivity index (χ0n) is 26.3. The number of alkyl halides is 2. The van der Waals surface area contributed by atoms with E-state index in [1.165, 1.54) is 13.2 Å². The van der Waals surface area contributed by atoms with E-state index in [-0.39, 0.29) is 34.2 Å². The standard InChI is InChI=1S/C31H43F2N5O5Si/c1-31(2,3)44(5,6)41-14-13-37-11-9-22(19-37)36-43-23-10-12-38-24(18-34-27(38)17-23)20-15-25(40-4)28(26(16-20)42-30(32)33)29(39)35-21-7-8-21/h10,12,15-18,21-22,30,36H,7-9,11,13-14,19H2,1-6H3,(H,35,39)/t22-/m0/s1. The number of imidazole rings is 1. The molecule has 1 aromatic carbocycles.